The zero-order valence-electron chi connectivity index (χ0n) is 24.1. The summed E-state index contributed by atoms with van der Waals surface area (Å²) in [6.45, 7) is 1.06. The number of benzene rings is 1. The van der Waals surface area contributed by atoms with Gasteiger partial charge < -0.3 is 25.3 Å². The fraction of sp³-hybridized carbons (Fsp3) is 0.267. The minimum atomic E-state index is -0.726. The van der Waals surface area contributed by atoms with Crippen molar-refractivity contribution in [1.29, 1.82) is 0 Å². The van der Waals surface area contributed by atoms with Crippen molar-refractivity contribution < 1.29 is 14.3 Å². The number of nitrogens with zero attached hydrogens (tertiary/aromatic N) is 4. The largest absolute Gasteiger partial charge is 0.481 e. The molecule has 3 N–H and O–H groups in total. The average Bonchev–Trinajstić information content (AvgIpc) is 3.43. The summed E-state index contributed by atoms with van der Waals surface area (Å²) in [5.41, 5.74) is 1.67. The molecule has 1 atom stereocenters. The molecule has 0 unspecified atom stereocenters. The van der Waals surface area contributed by atoms with Crippen molar-refractivity contribution in [1.82, 2.24) is 29.7 Å². The number of aryl methyl sites for hydroxylation is 1. The van der Waals surface area contributed by atoms with Crippen LogP contribution >= 0.6 is 23.2 Å². The van der Waals surface area contributed by atoms with Crippen molar-refractivity contribution in [3.05, 3.63) is 90.8 Å². The van der Waals surface area contributed by atoms with Crippen molar-refractivity contribution in [2.45, 2.75) is 25.4 Å². The molecule has 0 spiro atoms. The third-order valence-corrected chi connectivity index (χ3v) is 7.94. The van der Waals surface area contributed by atoms with E-state index in [1.807, 2.05) is 0 Å². The molecule has 0 saturated carbocycles. The fourth-order valence-electron chi connectivity index (χ4n) is 4.93. The van der Waals surface area contributed by atoms with Crippen molar-refractivity contribution in [2.24, 2.45) is 14.1 Å². The summed E-state index contributed by atoms with van der Waals surface area (Å²) in [6.07, 6.45) is 4.11. The molecule has 1 saturated heterocycles. The van der Waals surface area contributed by atoms with Gasteiger partial charge in [-0.05, 0) is 30.7 Å². The first-order valence-corrected chi connectivity index (χ1v) is 14.4. The molecule has 44 heavy (non-hydrogen) atoms. The van der Waals surface area contributed by atoms with Crippen LogP contribution < -0.4 is 31.9 Å². The van der Waals surface area contributed by atoms with Crippen LogP contribution in [0.1, 0.15) is 28.8 Å². The number of anilines is 1. The van der Waals surface area contributed by atoms with Crippen molar-refractivity contribution in [3.8, 4) is 28.4 Å². The van der Waals surface area contributed by atoms with Gasteiger partial charge in [0.1, 0.15) is 5.56 Å². The zero-order chi connectivity index (χ0) is 31.5. The van der Waals surface area contributed by atoms with Crippen LogP contribution in [0.4, 0.5) is 5.69 Å². The van der Waals surface area contributed by atoms with Crippen LogP contribution in [0.15, 0.2) is 58.4 Å². The number of hydrogen-bond acceptors (Lipinski definition) is 8. The summed E-state index contributed by atoms with van der Waals surface area (Å²) >= 11 is 13.4. The van der Waals surface area contributed by atoms with Gasteiger partial charge in [0.2, 0.25) is 11.8 Å². The van der Waals surface area contributed by atoms with E-state index in [0.717, 1.165) is 21.1 Å². The quantitative estimate of drug-likeness (QED) is 0.253. The molecule has 2 amide bonds. The predicted octanol–water partition coefficient (Wildman–Crippen LogP) is 3.14. The van der Waals surface area contributed by atoms with Crippen LogP contribution in [-0.4, -0.2) is 50.6 Å². The van der Waals surface area contributed by atoms with E-state index in [1.54, 1.807) is 42.6 Å². The number of pyridine rings is 2. The van der Waals surface area contributed by atoms with Gasteiger partial charge in [0.05, 0.1) is 34.2 Å². The Bertz CT molecular complexity index is 1890. The number of nitrogens with one attached hydrogen (secondary N) is 3. The Morgan fingerprint density at radius 1 is 1.16 bits per heavy atom. The summed E-state index contributed by atoms with van der Waals surface area (Å²) in [5.74, 6) is -0.253. The Hall–Kier alpha value is -4.52. The van der Waals surface area contributed by atoms with E-state index in [-0.39, 0.29) is 28.2 Å². The van der Waals surface area contributed by atoms with Crippen LogP contribution in [0.5, 0.6) is 5.88 Å². The van der Waals surface area contributed by atoms with Gasteiger partial charge in [-0.2, -0.15) is 0 Å². The van der Waals surface area contributed by atoms with Gasteiger partial charge in [-0.3, -0.25) is 23.9 Å². The standard InChI is InChI=1S/C30H29Cl2N7O5/c1-38-15-20(29(42)39(2)30(38)43)27(41)36-22-6-4-5-19(25(22)32)23-12-16(9-10-34-23)26-21(31)11-17(28(37-26)44-3)13-33-14-18-7-8-24(40)35-18/h4-6,9-12,15,18,33H,7-8,13-14H2,1-3H3,(H,35,40)(H,36,41)/t18-/m1/s1. The highest BCUT2D eigenvalue weighted by Gasteiger charge is 2.21. The Balaban J connectivity index is 1.39. The van der Waals surface area contributed by atoms with E-state index in [2.05, 4.69) is 25.9 Å². The lowest BCUT2D eigenvalue weighted by Gasteiger charge is -2.15. The topological polar surface area (TPSA) is 149 Å². The molecule has 4 aromatic rings. The van der Waals surface area contributed by atoms with Crippen LogP contribution in [0, 0.1) is 0 Å². The SMILES string of the molecule is COc1nc(-c2ccnc(-c3cccc(NC(=O)c4cn(C)c(=O)n(C)c4=O)c3Cl)c2)c(Cl)cc1CNC[C@H]1CCC(=O)N1. The summed E-state index contributed by atoms with van der Waals surface area (Å²) in [6, 6.07) is 10.4. The number of aromatic nitrogens is 4. The lowest BCUT2D eigenvalue weighted by Crippen LogP contribution is -2.40. The van der Waals surface area contributed by atoms with E-state index < -0.39 is 17.2 Å². The maximum atomic E-state index is 13.0. The minimum absolute atomic E-state index is 0.0614. The lowest BCUT2D eigenvalue weighted by molar-refractivity contribution is -0.119. The molecule has 0 bridgehead atoms. The molecular weight excluding hydrogens is 609 g/mol. The molecule has 5 rings (SSSR count). The maximum absolute atomic E-state index is 13.0. The van der Waals surface area contributed by atoms with Gasteiger partial charge in [0, 0.05) is 68.7 Å². The number of carbonyl (C=O) groups is 2. The lowest BCUT2D eigenvalue weighted by atomic mass is 10.1. The molecule has 4 heterocycles. The second-order valence-corrected chi connectivity index (χ2v) is 11.1. The minimum Gasteiger partial charge on any atom is -0.481 e. The number of carbonyl (C=O) groups excluding carboxylic acids is 2. The van der Waals surface area contributed by atoms with Crippen LogP contribution in [0.3, 0.4) is 0 Å². The van der Waals surface area contributed by atoms with Crippen molar-refractivity contribution in [2.75, 3.05) is 19.0 Å². The first-order chi connectivity index (χ1) is 21.1. The monoisotopic (exact) mass is 637 g/mol. The predicted molar refractivity (Wildman–Crippen MR) is 167 cm³/mol. The number of amides is 2. The Labute approximate surface area is 262 Å². The highest BCUT2D eigenvalue weighted by molar-refractivity contribution is 6.36. The molecule has 228 valence electrons. The van der Waals surface area contributed by atoms with E-state index in [9.17, 15) is 19.2 Å². The number of hydrogen-bond donors (Lipinski definition) is 3. The average molecular weight is 639 g/mol. The molecule has 14 heteroatoms. The molecule has 0 aliphatic carbocycles. The van der Waals surface area contributed by atoms with Crippen molar-refractivity contribution in [3.63, 3.8) is 0 Å². The molecule has 0 radical (unpaired) electrons. The van der Waals surface area contributed by atoms with Crippen LogP contribution in [0.25, 0.3) is 22.5 Å². The molecule has 1 fully saturated rings. The molecule has 1 aromatic carbocycles. The Morgan fingerprint density at radius 3 is 2.68 bits per heavy atom. The van der Waals surface area contributed by atoms with Gasteiger partial charge >= 0.3 is 5.69 Å². The number of halogens is 2. The number of methoxy groups -OCH3 is 1. The van der Waals surface area contributed by atoms with E-state index in [4.69, 9.17) is 27.9 Å². The second kappa shape index (κ2) is 13.0. The third-order valence-electron chi connectivity index (χ3n) is 7.25. The fourth-order valence-corrected chi connectivity index (χ4v) is 5.49. The second-order valence-electron chi connectivity index (χ2n) is 10.3. The van der Waals surface area contributed by atoms with E-state index in [0.29, 0.717) is 52.9 Å². The highest BCUT2D eigenvalue weighted by atomic mass is 35.5. The summed E-state index contributed by atoms with van der Waals surface area (Å²) in [7, 11) is 4.28. The Kier molecular flexibility index (Phi) is 9.14. The molecule has 1 aliphatic rings. The normalized spacial score (nSPS) is 14.4. The number of ether oxygens (including phenoxy) is 1. The van der Waals surface area contributed by atoms with E-state index >= 15 is 0 Å². The molecular formula is C30H29Cl2N7O5. The molecule has 12 nitrogen and oxygen atoms in total. The van der Waals surface area contributed by atoms with E-state index in [1.165, 1.54) is 27.4 Å². The molecule has 1 aliphatic heterocycles. The van der Waals surface area contributed by atoms with Gasteiger partial charge in [0.25, 0.3) is 11.5 Å². The zero-order valence-corrected chi connectivity index (χ0v) is 25.6. The van der Waals surface area contributed by atoms with Crippen LogP contribution in [0.2, 0.25) is 10.0 Å². The molecule has 3 aromatic heterocycles. The smallest absolute Gasteiger partial charge is 0.330 e. The van der Waals surface area contributed by atoms with Crippen molar-refractivity contribution >= 4 is 40.7 Å². The van der Waals surface area contributed by atoms with Gasteiger partial charge in [0.15, 0.2) is 0 Å². The summed E-state index contributed by atoms with van der Waals surface area (Å²) < 4.78 is 7.56. The maximum Gasteiger partial charge on any atom is 0.330 e. The third kappa shape index (κ3) is 6.37. The van der Waals surface area contributed by atoms with Gasteiger partial charge in [-0.1, -0.05) is 35.3 Å². The first kappa shape index (κ1) is 30.9. The number of rotatable bonds is 9. The summed E-state index contributed by atoms with van der Waals surface area (Å²) in [4.78, 5) is 58.1. The van der Waals surface area contributed by atoms with Crippen LogP contribution in [-0.2, 0) is 25.4 Å². The van der Waals surface area contributed by atoms with Gasteiger partial charge in [-0.25, -0.2) is 9.78 Å². The first-order valence-electron chi connectivity index (χ1n) is 13.6. The highest BCUT2D eigenvalue weighted by Crippen LogP contribution is 2.36. The summed E-state index contributed by atoms with van der Waals surface area (Å²) in [5, 5.41) is 9.51. The van der Waals surface area contributed by atoms with Gasteiger partial charge in [-0.15, -0.1) is 0 Å². The Morgan fingerprint density at radius 2 is 1.95 bits per heavy atom.